The van der Waals surface area contributed by atoms with Crippen LogP contribution in [0.2, 0.25) is 0 Å². The lowest BCUT2D eigenvalue weighted by Gasteiger charge is -2.52. The molecule has 152 valence electrons. The zero-order valence-corrected chi connectivity index (χ0v) is 18.2. The van der Waals surface area contributed by atoms with Gasteiger partial charge >= 0.3 is 0 Å². The fourth-order valence-corrected chi connectivity index (χ4v) is 6.86. The van der Waals surface area contributed by atoms with Gasteiger partial charge in [0.25, 0.3) is 0 Å². The maximum Gasteiger partial charge on any atom is 0.234 e. The molecule has 1 aromatic rings. The molecule has 1 saturated heterocycles. The Bertz CT molecular complexity index is 768. The number of halogens is 1. The fraction of sp³-hybridized carbons (Fsp3) is 0.591. The Morgan fingerprint density at radius 1 is 1.36 bits per heavy atom. The van der Waals surface area contributed by atoms with Gasteiger partial charge in [-0.1, -0.05) is 55.8 Å². The monoisotopic (exact) mass is 420 g/mol. The topological polar surface area (TPSA) is 64.3 Å². The molecule has 0 radical (unpaired) electrons. The minimum Gasteiger partial charge on any atom is -0.381 e. The number of hydrogen-bond acceptors (Lipinski definition) is 4. The Hall–Kier alpha value is -1.01. The van der Waals surface area contributed by atoms with Crippen LogP contribution in [0.15, 0.2) is 34.7 Å². The molecule has 1 aromatic carbocycles. The first kappa shape index (κ1) is 20.3. The lowest BCUT2D eigenvalue weighted by molar-refractivity contribution is -0.128. The fourth-order valence-electron chi connectivity index (χ4n) is 5.36. The van der Waals surface area contributed by atoms with Crippen LogP contribution in [-0.2, 0) is 9.53 Å². The molecule has 1 amide bonds. The van der Waals surface area contributed by atoms with Crippen molar-refractivity contribution in [3.8, 4) is 0 Å². The Morgan fingerprint density at radius 2 is 2.07 bits per heavy atom. The van der Waals surface area contributed by atoms with Crippen LogP contribution in [0.4, 0.5) is 0 Å². The van der Waals surface area contributed by atoms with E-state index in [0.29, 0.717) is 18.4 Å². The highest BCUT2D eigenvalue weighted by Gasteiger charge is 2.55. The molecule has 1 aliphatic carbocycles. The predicted octanol–water partition coefficient (Wildman–Crippen LogP) is 3.81. The van der Waals surface area contributed by atoms with Crippen LogP contribution in [0.1, 0.15) is 43.2 Å². The smallest absolute Gasteiger partial charge is 0.234 e. The molecule has 3 N–H and O–H groups in total. The van der Waals surface area contributed by atoms with Crippen LogP contribution in [0.5, 0.6) is 0 Å². The maximum absolute atomic E-state index is 12.7. The van der Waals surface area contributed by atoms with Crippen molar-refractivity contribution < 1.29 is 9.53 Å². The van der Waals surface area contributed by atoms with Crippen molar-refractivity contribution in [1.82, 2.24) is 5.32 Å². The Kier molecular flexibility index (Phi) is 5.81. The van der Waals surface area contributed by atoms with Gasteiger partial charge in [-0.05, 0) is 41.8 Å². The van der Waals surface area contributed by atoms with Gasteiger partial charge in [-0.15, -0.1) is 11.8 Å². The number of carbonyl (C=O) groups excluding carboxylic acids is 1. The number of piperidine rings is 1. The average Bonchev–Trinajstić information content (AvgIpc) is 3.10. The van der Waals surface area contributed by atoms with E-state index in [0.717, 1.165) is 10.8 Å². The molecule has 0 spiro atoms. The molecular weight excluding hydrogens is 392 g/mol. The number of fused-ring (bicyclic) bond motifs is 3. The molecule has 2 heterocycles. The second kappa shape index (κ2) is 8.02. The summed E-state index contributed by atoms with van der Waals surface area (Å²) in [4.78, 5) is 12.7. The highest BCUT2D eigenvalue weighted by Crippen LogP contribution is 2.54. The number of nitrogens with two attached hydrogens (primary N) is 1. The minimum atomic E-state index is -0.129. The molecule has 28 heavy (non-hydrogen) atoms. The number of hydrogen-bond donors (Lipinski definition) is 2. The third kappa shape index (κ3) is 3.41. The first-order chi connectivity index (χ1) is 13.4. The number of ether oxygens (including phenoxy) is 1. The number of nitrogens with one attached hydrogen (secondary N) is 1. The van der Waals surface area contributed by atoms with Gasteiger partial charge < -0.3 is 15.8 Å². The number of allylic oxidation sites excluding steroid dienone is 1. The van der Waals surface area contributed by atoms with Gasteiger partial charge in [0.05, 0.1) is 15.7 Å². The predicted molar refractivity (Wildman–Crippen MR) is 115 cm³/mol. The zero-order chi connectivity index (χ0) is 20.0. The van der Waals surface area contributed by atoms with Crippen molar-refractivity contribution in [3.63, 3.8) is 0 Å². The number of amides is 1. The van der Waals surface area contributed by atoms with Crippen molar-refractivity contribution in [3.05, 3.63) is 45.8 Å². The summed E-state index contributed by atoms with van der Waals surface area (Å²) in [5.74, 6) is 1.48. The van der Waals surface area contributed by atoms with Crippen molar-refractivity contribution in [1.29, 1.82) is 0 Å². The second-order valence-electron chi connectivity index (χ2n) is 8.51. The molecule has 0 bridgehead atoms. The van der Waals surface area contributed by atoms with Crippen molar-refractivity contribution >= 4 is 29.3 Å². The van der Waals surface area contributed by atoms with Crippen LogP contribution in [0, 0.1) is 17.8 Å². The summed E-state index contributed by atoms with van der Waals surface area (Å²) in [5.41, 5.74) is 8.37. The van der Waals surface area contributed by atoms with E-state index in [1.165, 1.54) is 22.9 Å². The first-order valence-electron chi connectivity index (χ1n) is 10.1. The molecule has 0 aromatic heterocycles. The molecule has 8 atom stereocenters. The summed E-state index contributed by atoms with van der Waals surface area (Å²) in [7, 11) is 1.81. The summed E-state index contributed by atoms with van der Waals surface area (Å²) in [6.45, 7) is 5.01. The van der Waals surface area contributed by atoms with E-state index in [9.17, 15) is 4.79 Å². The largest absolute Gasteiger partial charge is 0.381 e. The molecule has 6 heteroatoms. The zero-order valence-electron chi connectivity index (χ0n) is 16.6. The highest BCUT2D eigenvalue weighted by molar-refractivity contribution is 8.06. The normalized spacial score (nSPS) is 38.2. The van der Waals surface area contributed by atoms with Crippen molar-refractivity contribution in [2.75, 3.05) is 13.7 Å². The van der Waals surface area contributed by atoms with Crippen molar-refractivity contribution in [2.24, 2.45) is 23.5 Å². The molecule has 4 nitrogen and oxygen atoms in total. The summed E-state index contributed by atoms with van der Waals surface area (Å²) < 4.78 is 6.73. The Balaban J connectivity index is 1.73. The van der Waals surface area contributed by atoms with Gasteiger partial charge in [0.2, 0.25) is 5.91 Å². The summed E-state index contributed by atoms with van der Waals surface area (Å²) >= 11 is 7.85. The van der Waals surface area contributed by atoms with E-state index in [2.05, 4.69) is 49.5 Å². The molecular formula is C22H29ClN2O2S. The summed E-state index contributed by atoms with van der Waals surface area (Å²) in [5, 5.41) is 3.19. The van der Waals surface area contributed by atoms with Gasteiger partial charge in [0.15, 0.2) is 0 Å². The van der Waals surface area contributed by atoms with Crippen LogP contribution < -0.4 is 11.1 Å². The highest BCUT2D eigenvalue weighted by atomic mass is 35.5. The van der Waals surface area contributed by atoms with Crippen LogP contribution in [0.3, 0.4) is 0 Å². The first-order valence-corrected chi connectivity index (χ1v) is 11.4. The minimum absolute atomic E-state index is 0.122. The van der Waals surface area contributed by atoms with Crippen molar-refractivity contribution in [2.45, 2.75) is 49.5 Å². The maximum atomic E-state index is 12.7. The van der Waals surface area contributed by atoms with Gasteiger partial charge in [0, 0.05) is 25.0 Å². The van der Waals surface area contributed by atoms with E-state index >= 15 is 0 Å². The third-order valence-corrected chi connectivity index (χ3v) is 8.45. The lowest BCUT2D eigenvalue weighted by atomic mass is 9.60. The summed E-state index contributed by atoms with van der Waals surface area (Å²) in [6.07, 6.45) is 3.17. The standard InChI is InChI=1S/C22H29ClN2O2S/c1-11-8-16(27-3)18(14-6-4-13(5-7-14)12(2)10-24)19-15-9-17(23)28-21(15)22(26)25-20(11)19/h4-7,9,11-12,15-16,18-21H,8,10,24H2,1-3H3,(H,25,26)/t11?,12-,15?,16?,18?,19?,20?,21?/m0/s1. The molecule has 7 unspecified atom stereocenters. The quantitative estimate of drug-likeness (QED) is 0.777. The van der Waals surface area contributed by atoms with E-state index in [4.69, 9.17) is 22.1 Å². The number of methoxy groups -OCH3 is 1. The van der Waals surface area contributed by atoms with Gasteiger partial charge in [-0.2, -0.15) is 0 Å². The molecule has 3 aliphatic rings. The van der Waals surface area contributed by atoms with E-state index < -0.39 is 0 Å². The molecule has 2 aliphatic heterocycles. The van der Waals surface area contributed by atoms with E-state index in [-0.39, 0.29) is 41.1 Å². The van der Waals surface area contributed by atoms with Gasteiger partial charge in [-0.3, -0.25) is 4.79 Å². The molecule has 4 rings (SSSR count). The second-order valence-corrected chi connectivity index (χ2v) is 10.3. The van der Waals surface area contributed by atoms with Crippen LogP contribution in [0.25, 0.3) is 0 Å². The molecule has 2 fully saturated rings. The van der Waals surface area contributed by atoms with E-state index in [1.807, 2.05) is 0 Å². The van der Waals surface area contributed by atoms with Crippen LogP contribution in [-0.4, -0.2) is 37.0 Å². The van der Waals surface area contributed by atoms with Gasteiger partial charge in [0.1, 0.15) is 0 Å². The third-order valence-electron chi connectivity index (χ3n) is 6.92. The number of rotatable bonds is 4. The lowest BCUT2D eigenvalue weighted by Crippen LogP contribution is -2.62. The Morgan fingerprint density at radius 3 is 2.71 bits per heavy atom. The van der Waals surface area contributed by atoms with E-state index in [1.54, 1.807) is 7.11 Å². The number of thioether (sulfide) groups is 1. The number of carbonyl (C=O) groups is 1. The van der Waals surface area contributed by atoms with Gasteiger partial charge in [-0.25, -0.2) is 0 Å². The Labute approximate surface area is 176 Å². The molecule has 1 saturated carbocycles. The van der Waals surface area contributed by atoms with Crippen LogP contribution >= 0.6 is 23.4 Å². The number of benzene rings is 1. The average molecular weight is 421 g/mol. The summed E-state index contributed by atoms with van der Waals surface area (Å²) in [6, 6.07) is 8.98. The SMILES string of the molecule is COC1CC(C)C2NC(=O)C3SC(Cl)=CC3C2C1c1ccc([C@@H](C)CN)cc1.